The molecule has 5 rings (SSSR count). The van der Waals surface area contributed by atoms with Crippen molar-refractivity contribution in [2.75, 3.05) is 5.32 Å². The zero-order chi connectivity index (χ0) is 24.9. The Morgan fingerprint density at radius 1 is 1.26 bits per heavy atom. The molecule has 0 radical (unpaired) electrons. The molecule has 0 unspecified atom stereocenters. The van der Waals surface area contributed by atoms with Crippen LogP contribution in [0.5, 0.6) is 0 Å². The first kappa shape index (κ1) is 23.7. The molecule has 1 saturated carbocycles. The van der Waals surface area contributed by atoms with Gasteiger partial charge in [-0.1, -0.05) is 18.5 Å². The fourth-order valence-electron chi connectivity index (χ4n) is 5.35. The first-order valence-corrected chi connectivity index (χ1v) is 12.5. The number of imidazole rings is 1. The molecule has 1 fully saturated rings. The molecule has 35 heavy (non-hydrogen) atoms. The van der Waals surface area contributed by atoms with Crippen LogP contribution in [-0.4, -0.2) is 32.4 Å². The van der Waals surface area contributed by atoms with Gasteiger partial charge in [0.25, 0.3) is 0 Å². The van der Waals surface area contributed by atoms with Crippen LogP contribution in [0, 0.1) is 11.7 Å². The Balaban J connectivity index is 1.40. The quantitative estimate of drug-likeness (QED) is 0.506. The zero-order valence-electron chi connectivity index (χ0n) is 20.1. The van der Waals surface area contributed by atoms with Gasteiger partial charge in [-0.25, -0.2) is 14.4 Å². The number of nitrogens with one attached hydrogen (secondary N) is 2. The lowest BCUT2D eigenvalue weighted by atomic mass is 10.0. The van der Waals surface area contributed by atoms with Gasteiger partial charge in [0, 0.05) is 42.1 Å². The monoisotopic (exact) mass is 497 g/mol. The van der Waals surface area contributed by atoms with Crippen molar-refractivity contribution in [3.63, 3.8) is 0 Å². The number of rotatable bonds is 5. The third-order valence-corrected chi connectivity index (χ3v) is 7.56. The number of nitrogens with zero attached hydrogens (tertiary/aromatic N) is 3. The average molecular weight is 498 g/mol. The standard InChI is InChI=1S/C26H29ClFN5O2/c1-4-23(34)30-16-6-5-14(9-16)25(35)31-21-12-17(18(27)13-29-21)15-10-19(28)24-20(11-15)33-22(32-24)7-8-26(33,2)3/h10-14,16H,4-9H2,1-3H3,(H,30,34)(H,29,31,35)/t14-,16+/m0/s1. The number of hydrogen-bond acceptors (Lipinski definition) is 4. The lowest BCUT2D eigenvalue weighted by Crippen LogP contribution is -2.33. The summed E-state index contributed by atoms with van der Waals surface area (Å²) in [7, 11) is 0. The molecule has 2 aliphatic rings. The van der Waals surface area contributed by atoms with E-state index in [2.05, 4.69) is 39.0 Å². The number of amides is 2. The number of halogens is 2. The highest BCUT2D eigenvalue weighted by Gasteiger charge is 2.33. The van der Waals surface area contributed by atoms with Gasteiger partial charge in [-0.2, -0.15) is 0 Å². The van der Waals surface area contributed by atoms with Crippen molar-refractivity contribution in [2.45, 2.75) is 70.9 Å². The van der Waals surface area contributed by atoms with Crippen LogP contribution in [0.25, 0.3) is 22.2 Å². The number of pyridine rings is 1. The third kappa shape index (κ3) is 4.40. The van der Waals surface area contributed by atoms with E-state index in [1.54, 1.807) is 6.07 Å². The molecule has 0 saturated heterocycles. The third-order valence-electron chi connectivity index (χ3n) is 7.26. The topological polar surface area (TPSA) is 88.9 Å². The summed E-state index contributed by atoms with van der Waals surface area (Å²) in [6.07, 6.45) is 5.73. The molecule has 3 heterocycles. The minimum Gasteiger partial charge on any atom is -0.353 e. The zero-order valence-corrected chi connectivity index (χ0v) is 20.9. The maximum atomic E-state index is 15.1. The van der Waals surface area contributed by atoms with Gasteiger partial charge in [0.15, 0.2) is 5.82 Å². The first-order chi connectivity index (χ1) is 16.7. The van der Waals surface area contributed by atoms with Gasteiger partial charge in [-0.15, -0.1) is 0 Å². The number of hydrogen-bond donors (Lipinski definition) is 2. The number of benzene rings is 1. The molecule has 184 valence electrons. The molecule has 1 aromatic carbocycles. The van der Waals surface area contributed by atoms with Crippen molar-refractivity contribution in [1.29, 1.82) is 0 Å². The second-order valence-corrected chi connectivity index (χ2v) is 10.6. The molecule has 3 aromatic rings. The van der Waals surface area contributed by atoms with Gasteiger partial charge >= 0.3 is 0 Å². The average Bonchev–Trinajstić information content (AvgIpc) is 3.51. The van der Waals surface area contributed by atoms with E-state index in [4.69, 9.17) is 11.6 Å². The molecular weight excluding hydrogens is 469 g/mol. The maximum Gasteiger partial charge on any atom is 0.228 e. The van der Waals surface area contributed by atoms with E-state index in [0.29, 0.717) is 46.7 Å². The number of carbonyl (C=O) groups is 2. The molecule has 9 heteroatoms. The van der Waals surface area contributed by atoms with Crippen LogP contribution in [-0.2, 0) is 21.5 Å². The van der Waals surface area contributed by atoms with Gasteiger partial charge in [-0.3, -0.25) is 9.59 Å². The van der Waals surface area contributed by atoms with Crippen LogP contribution >= 0.6 is 11.6 Å². The minimum absolute atomic E-state index is 0.00325. The SMILES string of the molecule is CCC(=O)N[C@@H]1CC[C@H](C(=O)Nc2cc(-c3cc(F)c4nc5n(c4c3)C(C)(C)CC5)c(Cl)cn2)C1. The largest absolute Gasteiger partial charge is 0.353 e. The number of anilines is 1. The van der Waals surface area contributed by atoms with Crippen LogP contribution in [0.15, 0.2) is 24.4 Å². The summed E-state index contributed by atoms with van der Waals surface area (Å²) in [5.41, 5.74) is 2.14. The number of aryl methyl sites for hydroxylation is 1. The molecule has 2 atom stereocenters. The predicted octanol–water partition coefficient (Wildman–Crippen LogP) is 5.21. The molecular formula is C26H29ClFN5O2. The summed E-state index contributed by atoms with van der Waals surface area (Å²) in [5.74, 6) is 0.491. The molecule has 2 aromatic heterocycles. The van der Waals surface area contributed by atoms with Gasteiger partial charge in [-0.05, 0) is 63.3 Å². The van der Waals surface area contributed by atoms with Crippen LogP contribution < -0.4 is 10.6 Å². The van der Waals surface area contributed by atoms with Crippen LogP contribution in [0.1, 0.15) is 58.7 Å². The normalized spacial score (nSPS) is 20.7. The first-order valence-electron chi connectivity index (χ1n) is 12.1. The summed E-state index contributed by atoms with van der Waals surface area (Å²) in [6, 6.07) is 5.04. The molecule has 0 spiro atoms. The smallest absolute Gasteiger partial charge is 0.228 e. The molecule has 2 amide bonds. The van der Waals surface area contributed by atoms with Gasteiger partial charge in [0.2, 0.25) is 11.8 Å². The summed E-state index contributed by atoms with van der Waals surface area (Å²) in [5, 5.41) is 6.21. The molecule has 7 nitrogen and oxygen atoms in total. The second-order valence-electron chi connectivity index (χ2n) is 10.2. The molecule has 1 aliphatic carbocycles. The minimum atomic E-state index is -0.403. The van der Waals surface area contributed by atoms with Crippen molar-refractivity contribution >= 4 is 40.3 Å². The van der Waals surface area contributed by atoms with Crippen molar-refractivity contribution in [1.82, 2.24) is 19.9 Å². The Hall–Kier alpha value is -3.00. The highest BCUT2D eigenvalue weighted by Crippen LogP contribution is 2.39. The number of aromatic nitrogens is 3. The Labute approximate surface area is 208 Å². The Kier molecular flexibility index (Phi) is 6.03. The van der Waals surface area contributed by atoms with Crippen molar-refractivity contribution < 1.29 is 14.0 Å². The van der Waals surface area contributed by atoms with E-state index in [1.165, 1.54) is 12.3 Å². The lowest BCUT2D eigenvalue weighted by molar-refractivity contribution is -0.122. The van der Waals surface area contributed by atoms with E-state index in [-0.39, 0.29) is 29.3 Å². The second kappa shape index (κ2) is 8.90. The Bertz CT molecular complexity index is 1340. The lowest BCUT2D eigenvalue weighted by Gasteiger charge is -2.22. The summed E-state index contributed by atoms with van der Waals surface area (Å²) >= 11 is 6.47. The van der Waals surface area contributed by atoms with E-state index in [1.807, 2.05) is 13.0 Å². The molecule has 0 bridgehead atoms. The maximum absolute atomic E-state index is 15.1. The predicted molar refractivity (Wildman–Crippen MR) is 134 cm³/mol. The summed E-state index contributed by atoms with van der Waals surface area (Å²) in [4.78, 5) is 33.3. The summed E-state index contributed by atoms with van der Waals surface area (Å²) < 4.78 is 17.2. The van der Waals surface area contributed by atoms with Crippen LogP contribution in [0.2, 0.25) is 5.02 Å². The van der Waals surface area contributed by atoms with E-state index >= 15 is 4.39 Å². The van der Waals surface area contributed by atoms with Gasteiger partial charge in [0.05, 0.1) is 10.5 Å². The highest BCUT2D eigenvalue weighted by atomic mass is 35.5. The Morgan fingerprint density at radius 3 is 2.83 bits per heavy atom. The van der Waals surface area contributed by atoms with Crippen molar-refractivity contribution in [3.05, 3.63) is 41.1 Å². The number of fused-ring (bicyclic) bond motifs is 3. The molecule has 2 N–H and O–H groups in total. The van der Waals surface area contributed by atoms with Crippen molar-refractivity contribution in [2.24, 2.45) is 5.92 Å². The van der Waals surface area contributed by atoms with Crippen LogP contribution in [0.3, 0.4) is 0 Å². The van der Waals surface area contributed by atoms with E-state index in [9.17, 15) is 9.59 Å². The Morgan fingerprint density at radius 2 is 2.06 bits per heavy atom. The number of carbonyl (C=O) groups excluding carboxylic acids is 2. The van der Waals surface area contributed by atoms with E-state index < -0.39 is 5.82 Å². The van der Waals surface area contributed by atoms with Gasteiger partial charge in [0.1, 0.15) is 17.2 Å². The van der Waals surface area contributed by atoms with E-state index in [0.717, 1.165) is 30.6 Å². The summed E-state index contributed by atoms with van der Waals surface area (Å²) in [6.45, 7) is 6.07. The molecule has 1 aliphatic heterocycles. The van der Waals surface area contributed by atoms with Crippen LogP contribution in [0.4, 0.5) is 10.2 Å². The fraction of sp³-hybridized carbons (Fsp3) is 0.462. The highest BCUT2D eigenvalue weighted by molar-refractivity contribution is 6.33. The van der Waals surface area contributed by atoms with Crippen molar-refractivity contribution in [3.8, 4) is 11.1 Å². The fourth-order valence-corrected chi connectivity index (χ4v) is 5.56. The van der Waals surface area contributed by atoms with Gasteiger partial charge < -0.3 is 15.2 Å².